The van der Waals surface area contributed by atoms with Gasteiger partial charge in [0.25, 0.3) is 0 Å². The van der Waals surface area contributed by atoms with Gasteiger partial charge in [0.1, 0.15) is 0 Å². The summed E-state index contributed by atoms with van der Waals surface area (Å²) in [6.45, 7) is 3.27. The highest BCUT2D eigenvalue weighted by Crippen LogP contribution is 2.12. The van der Waals surface area contributed by atoms with E-state index in [0.717, 1.165) is 18.7 Å². The lowest BCUT2D eigenvalue weighted by Crippen LogP contribution is -2.13. The Hall–Kier alpha value is -0.790. The molecule has 1 aliphatic rings. The van der Waals surface area contributed by atoms with Crippen LogP contribution in [0.5, 0.6) is 0 Å². The first-order valence-corrected chi connectivity index (χ1v) is 6.30. The van der Waals surface area contributed by atoms with Gasteiger partial charge in [-0.15, -0.1) is 0 Å². The topological polar surface area (TPSA) is 29.1 Å². The first-order valence-electron chi connectivity index (χ1n) is 6.30. The number of rotatable bonds is 8. The molecule has 0 bridgehead atoms. The number of carbonyl (C=O) groups excluding carboxylic acids is 1. The lowest BCUT2D eigenvalue weighted by atomic mass is 10.1. The van der Waals surface area contributed by atoms with Crippen molar-refractivity contribution < 1.29 is 4.79 Å². The van der Waals surface area contributed by atoms with Gasteiger partial charge in [0, 0.05) is 24.7 Å². The van der Waals surface area contributed by atoms with Crippen LogP contribution in [0, 0.1) is 0 Å². The van der Waals surface area contributed by atoms with Crippen molar-refractivity contribution in [1.29, 1.82) is 0 Å². The molecule has 0 spiro atoms. The quantitative estimate of drug-likeness (QED) is 0.622. The molecule has 0 heterocycles. The van der Waals surface area contributed by atoms with Crippen molar-refractivity contribution >= 4 is 5.78 Å². The maximum Gasteiger partial charge on any atom is 0.157 e. The number of ketones is 1. The summed E-state index contributed by atoms with van der Waals surface area (Å²) in [7, 11) is 0. The molecule has 1 aliphatic carbocycles. The van der Waals surface area contributed by atoms with Gasteiger partial charge in [-0.2, -0.15) is 0 Å². The van der Waals surface area contributed by atoms with Crippen LogP contribution in [0.3, 0.4) is 0 Å². The summed E-state index contributed by atoms with van der Waals surface area (Å²) < 4.78 is 0. The van der Waals surface area contributed by atoms with Gasteiger partial charge in [0.2, 0.25) is 0 Å². The molecule has 0 atom stereocenters. The van der Waals surface area contributed by atoms with E-state index in [4.69, 9.17) is 0 Å². The monoisotopic (exact) mass is 209 g/mol. The fourth-order valence-electron chi connectivity index (χ4n) is 1.89. The van der Waals surface area contributed by atoms with Crippen LogP contribution in [0.4, 0.5) is 0 Å². The van der Waals surface area contributed by atoms with Gasteiger partial charge in [-0.3, -0.25) is 4.79 Å². The van der Waals surface area contributed by atoms with Crippen LogP contribution in [0.15, 0.2) is 11.8 Å². The Kier molecular flexibility index (Phi) is 6.14. The van der Waals surface area contributed by atoms with Crippen LogP contribution in [0.25, 0.3) is 0 Å². The summed E-state index contributed by atoms with van der Waals surface area (Å²) in [5.74, 6) is 0.278. The lowest BCUT2D eigenvalue weighted by Gasteiger charge is -2.05. The maximum absolute atomic E-state index is 10.9. The zero-order chi connectivity index (χ0) is 10.9. The highest BCUT2D eigenvalue weighted by Gasteiger charge is 2.10. The predicted octanol–water partition coefficient (Wildman–Crippen LogP) is 3.18. The summed E-state index contributed by atoms with van der Waals surface area (Å²) in [5.41, 5.74) is 1.15. The molecule has 0 saturated carbocycles. The summed E-state index contributed by atoms with van der Waals surface area (Å²) >= 11 is 0. The minimum absolute atomic E-state index is 0.278. The van der Waals surface area contributed by atoms with Crippen LogP contribution in [0.2, 0.25) is 0 Å². The number of unbranched alkanes of at least 4 members (excludes halogenated alkanes) is 5. The molecule has 0 aliphatic heterocycles. The smallest absolute Gasteiger partial charge is 0.157 e. The third-order valence-corrected chi connectivity index (χ3v) is 2.86. The van der Waals surface area contributed by atoms with Crippen molar-refractivity contribution in [2.45, 2.75) is 58.3 Å². The van der Waals surface area contributed by atoms with E-state index in [9.17, 15) is 4.79 Å². The van der Waals surface area contributed by atoms with E-state index >= 15 is 0 Å². The number of hydrogen-bond donors (Lipinski definition) is 1. The Bertz CT molecular complexity index is 221. The molecule has 0 amide bonds. The van der Waals surface area contributed by atoms with Crippen molar-refractivity contribution in [3.63, 3.8) is 0 Å². The fraction of sp³-hybridized carbons (Fsp3) is 0.769. The SMILES string of the molecule is CCCCCCCCNC1=CC(=O)CC1. The molecular weight excluding hydrogens is 186 g/mol. The second kappa shape index (κ2) is 7.49. The van der Waals surface area contributed by atoms with Crippen LogP contribution >= 0.6 is 0 Å². The second-order valence-electron chi connectivity index (χ2n) is 4.33. The van der Waals surface area contributed by atoms with Crippen molar-refractivity contribution in [2.24, 2.45) is 0 Å². The van der Waals surface area contributed by atoms with Crippen molar-refractivity contribution in [2.75, 3.05) is 6.54 Å². The summed E-state index contributed by atoms with van der Waals surface area (Å²) in [6.07, 6.45) is 11.3. The number of hydrogen-bond acceptors (Lipinski definition) is 2. The van der Waals surface area contributed by atoms with E-state index in [1.165, 1.54) is 38.5 Å². The van der Waals surface area contributed by atoms with Gasteiger partial charge in [-0.25, -0.2) is 0 Å². The zero-order valence-corrected chi connectivity index (χ0v) is 9.85. The predicted molar refractivity (Wildman–Crippen MR) is 63.7 cm³/mol. The molecule has 0 aromatic rings. The molecule has 2 heteroatoms. The molecule has 1 N–H and O–H groups in total. The third kappa shape index (κ3) is 5.60. The van der Waals surface area contributed by atoms with Crippen molar-refractivity contribution in [1.82, 2.24) is 5.32 Å². The zero-order valence-electron chi connectivity index (χ0n) is 9.85. The van der Waals surface area contributed by atoms with Gasteiger partial charge in [0.15, 0.2) is 5.78 Å². The molecule has 2 nitrogen and oxygen atoms in total. The first kappa shape index (κ1) is 12.3. The van der Waals surface area contributed by atoms with E-state index in [1.54, 1.807) is 6.08 Å². The average molecular weight is 209 g/mol. The van der Waals surface area contributed by atoms with E-state index in [0.29, 0.717) is 6.42 Å². The largest absolute Gasteiger partial charge is 0.388 e. The molecule has 0 aromatic heterocycles. The van der Waals surface area contributed by atoms with Crippen LogP contribution < -0.4 is 5.32 Å². The lowest BCUT2D eigenvalue weighted by molar-refractivity contribution is -0.114. The van der Waals surface area contributed by atoms with E-state index < -0.39 is 0 Å². The minimum atomic E-state index is 0.278. The Morgan fingerprint density at radius 3 is 2.53 bits per heavy atom. The molecular formula is C13H23NO. The normalized spacial score (nSPS) is 15.5. The Morgan fingerprint density at radius 1 is 1.13 bits per heavy atom. The summed E-state index contributed by atoms with van der Waals surface area (Å²) in [4.78, 5) is 10.9. The van der Waals surface area contributed by atoms with Crippen LogP contribution in [0.1, 0.15) is 58.3 Å². The van der Waals surface area contributed by atoms with Crippen LogP contribution in [-0.4, -0.2) is 12.3 Å². The Balaban J connectivity index is 1.89. The minimum Gasteiger partial charge on any atom is -0.388 e. The van der Waals surface area contributed by atoms with E-state index in [1.807, 2.05) is 0 Å². The third-order valence-electron chi connectivity index (χ3n) is 2.86. The van der Waals surface area contributed by atoms with Crippen LogP contribution in [-0.2, 0) is 4.79 Å². The second-order valence-corrected chi connectivity index (χ2v) is 4.33. The molecule has 15 heavy (non-hydrogen) atoms. The van der Waals surface area contributed by atoms with Gasteiger partial charge in [-0.05, 0) is 12.8 Å². The maximum atomic E-state index is 10.9. The molecule has 0 aromatic carbocycles. The Morgan fingerprint density at radius 2 is 1.87 bits per heavy atom. The average Bonchev–Trinajstić information content (AvgIpc) is 2.63. The molecule has 0 unspecified atom stereocenters. The van der Waals surface area contributed by atoms with Gasteiger partial charge in [0.05, 0.1) is 0 Å². The number of nitrogens with one attached hydrogen (secondary N) is 1. The van der Waals surface area contributed by atoms with Gasteiger partial charge in [-0.1, -0.05) is 39.0 Å². The standard InChI is InChI=1S/C13H23NO/c1-2-3-4-5-6-7-10-14-12-8-9-13(15)11-12/h11,14H,2-10H2,1H3. The molecule has 86 valence electrons. The number of allylic oxidation sites excluding steroid dienone is 2. The molecule has 0 fully saturated rings. The van der Waals surface area contributed by atoms with E-state index in [-0.39, 0.29) is 5.78 Å². The summed E-state index contributed by atoms with van der Waals surface area (Å²) in [6, 6.07) is 0. The number of carbonyl (C=O) groups is 1. The Labute approximate surface area is 93.1 Å². The fourth-order valence-corrected chi connectivity index (χ4v) is 1.89. The van der Waals surface area contributed by atoms with Gasteiger partial charge >= 0.3 is 0 Å². The highest BCUT2D eigenvalue weighted by atomic mass is 16.1. The van der Waals surface area contributed by atoms with Crippen molar-refractivity contribution in [3.05, 3.63) is 11.8 Å². The highest BCUT2D eigenvalue weighted by molar-refractivity contribution is 5.92. The molecule has 0 saturated heterocycles. The van der Waals surface area contributed by atoms with E-state index in [2.05, 4.69) is 12.2 Å². The van der Waals surface area contributed by atoms with Gasteiger partial charge < -0.3 is 5.32 Å². The summed E-state index contributed by atoms with van der Waals surface area (Å²) in [5, 5.41) is 3.34. The first-order chi connectivity index (χ1) is 7.33. The molecule has 0 radical (unpaired) electrons. The van der Waals surface area contributed by atoms with Crippen molar-refractivity contribution in [3.8, 4) is 0 Å². The molecule has 1 rings (SSSR count).